The number of carbonyl (C=O) groups excluding carboxylic acids is 2. The molecule has 1 fully saturated rings. The van der Waals surface area contributed by atoms with Gasteiger partial charge in [0.25, 0.3) is 0 Å². The number of thioether (sulfide) groups is 1. The van der Waals surface area contributed by atoms with Gasteiger partial charge in [-0.15, -0.1) is 11.8 Å². The number of aliphatic carboxylic acids is 1. The molecule has 0 spiro atoms. The van der Waals surface area contributed by atoms with Crippen LogP contribution in [0.5, 0.6) is 0 Å². The lowest BCUT2D eigenvalue weighted by atomic mass is 10.0. The first kappa shape index (κ1) is 29.8. The molecule has 12 heteroatoms. The van der Waals surface area contributed by atoms with Crippen molar-refractivity contribution in [1.29, 1.82) is 0 Å². The second kappa shape index (κ2) is 15.0. The third kappa shape index (κ3) is 9.18. The van der Waals surface area contributed by atoms with E-state index in [1.54, 1.807) is 0 Å². The summed E-state index contributed by atoms with van der Waals surface area (Å²) < 4.78 is 0. The van der Waals surface area contributed by atoms with E-state index in [1.165, 1.54) is 15.5 Å². The van der Waals surface area contributed by atoms with Gasteiger partial charge in [0.1, 0.15) is 12.1 Å². The van der Waals surface area contributed by atoms with Gasteiger partial charge in [0, 0.05) is 23.7 Å². The Kier molecular flexibility index (Phi) is 11.4. The number of hydrogen-bond donors (Lipinski definition) is 6. The largest absolute Gasteiger partial charge is 0.480 e. The van der Waals surface area contributed by atoms with Crippen LogP contribution in [0.2, 0.25) is 0 Å². The molecule has 39 heavy (non-hydrogen) atoms. The van der Waals surface area contributed by atoms with Gasteiger partial charge in [-0.1, -0.05) is 42.5 Å². The summed E-state index contributed by atoms with van der Waals surface area (Å²) in [4.78, 5) is 43.7. The highest BCUT2D eigenvalue weighted by atomic mass is 32.2. The number of amides is 2. The first-order valence-electron chi connectivity index (χ1n) is 12.9. The minimum Gasteiger partial charge on any atom is -0.480 e. The summed E-state index contributed by atoms with van der Waals surface area (Å²) in [7, 11) is 0. The number of guanidine groups is 1. The SMILES string of the molecule is NC(N)=NCCC[C@H](NC(=O)[C@@H]1CCCN1C(=O)[C@H](N)Cc1ccccc1)C(=O)O.c1ccc2c(c1)NCS2. The predicted octanol–water partition coefficient (Wildman–Crippen LogP) is 1.33. The molecule has 210 valence electrons. The Labute approximate surface area is 232 Å². The Morgan fingerprint density at radius 3 is 2.54 bits per heavy atom. The van der Waals surface area contributed by atoms with E-state index in [4.69, 9.17) is 17.2 Å². The molecule has 9 N–H and O–H groups in total. The van der Waals surface area contributed by atoms with Crippen molar-refractivity contribution < 1.29 is 19.5 Å². The lowest BCUT2D eigenvalue weighted by molar-refractivity contribution is -0.144. The summed E-state index contributed by atoms with van der Waals surface area (Å²) in [6.45, 7) is 0.687. The molecule has 2 amide bonds. The van der Waals surface area contributed by atoms with Gasteiger partial charge in [0.05, 0.1) is 11.9 Å². The van der Waals surface area contributed by atoms with Gasteiger partial charge in [0.2, 0.25) is 11.8 Å². The standard InChI is InChI=1S/C20H30N6O4.C7H7NS/c21-14(12-13-6-2-1-3-7-13)18(28)26-11-5-9-16(26)17(27)25-15(19(29)30)8-4-10-24-20(22)23;1-2-4-7-6(3-1)8-5-9-7/h1-3,6-7,14-16H,4-5,8-12,21H2,(H,25,27)(H,29,30)(H4,22,23,24);1-4,8H,5H2/t14-,15+,16+;/m1./s1. The number of benzene rings is 2. The summed E-state index contributed by atoms with van der Waals surface area (Å²) in [6.07, 6.45) is 2.06. The van der Waals surface area contributed by atoms with Crippen molar-refractivity contribution in [3.05, 3.63) is 60.2 Å². The number of carboxylic acid groups (broad SMARTS) is 1. The summed E-state index contributed by atoms with van der Waals surface area (Å²) in [5.41, 5.74) is 18.8. The topological polar surface area (TPSA) is 189 Å². The molecular formula is C27H37N7O4S. The molecule has 3 atom stereocenters. The molecule has 2 heterocycles. The second-order valence-corrected chi connectivity index (χ2v) is 10.3. The van der Waals surface area contributed by atoms with Crippen molar-refractivity contribution in [2.75, 3.05) is 24.3 Å². The van der Waals surface area contributed by atoms with Crippen LogP contribution in [0, 0.1) is 0 Å². The molecular weight excluding hydrogens is 518 g/mol. The lowest BCUT2D eigenvalue weighted by Crippen LogP contribution is -2.54. The van der Waals surface area contributed by atoms with Crippen LogP contribution in [0.25, 0.3) is 0 Å². The number of nitrogens with one attached hydrogen (secondary N) is 2. The Balaban J connectivity index is 0.000000387. The van der Waals surface area contributed by atoms with Gasteiger partial charge in [-0.3, -0.25) is 14.6 Å². The summed E-state index contributed by atoms with van der Waals surface area (Å²) in [5.74, 6) is -0.986. The highest BCUT2D eigenvalue weighted by Gasteiger charge is 2.37. The minimum atomic E-state index is -1.15. The van der Waals surface area contributed by atoms with Gasteiger partial charge in [-0.2, -0.15) is 0 Å². The van der Waals surface area contributed by atoms with Gasteiger partial charge in [-0.05, 0) is 49.8 Å². The average molecular weight is 556 g/mol. The predicted molar refractivity (Wildman–Crippen MR) is 153 cm³/mol. The van der Waals surface area contributed by atoms with Gasteiger partial charge in [0.15, 0.2) is 5.96 Å². The number of anilines is 1. The van der Waals surface area contributed by atoms with Crippen molar-refractivity contribution in [1.82, 2.24) is 10.2 Å². The molecule has 11 nitrogen and oxygen atoms in total. The fraction of sp³-hybridized carbons (Fsp3) is 0.407. The van der Waals surface area contributed by atoms with Crippen molar-refractivity contribution in [3.63, 3.8) is 0 Å². The van der Waals surface area contributed by atoms with Crippen LogP contribution < -0.4 is 27.8 Å². The molecule has 2 aromatic rings. The van der Waals surface area contributed by atoms with Crippen LogP contribution in [0.1, 0.15) is 31.2 Å². The number of aliphatic imine (C=N–C) groups is 1. The molecule has 0 saturated carbocycles. The number of hydrogen-bond acceptors (Lipinski definition) is 7. The number of fused-ring (bicyclic) bond motifs is 1. The zero-order valence-corrected chi connectivity index (χ0v) is 22.6. The van der Waals surface area contributed by atoms with Crippen LogP contribution in [0.4, 0.5) is 5.69 Å². The number of carboxylic acids is 1. The van der Waals surface area contributed by atoms with Crippen molar-refractivity contribution >= 4 is 41.2 Å². The number of likely N-dealkylation sites (tertiary alicyclic amines) is 1. The second-order valence-electron chi connectivity index (χ2n) is 9.30. The van der Waals surface area contributed by atoms with Crippen LogP contribution in [-0.4, -0.2) is 70.8 Å². The maximum Gasteiger partial charge on any atom is 0.326 e. The minimum absolute atomic E-state index is 0.0714. The quantitative estimate of drug-likeness (QED) is 0.143. The maximum absolute atomic E-state index is 12.8. The Hall–Kier alpha value is -3.77. The zero-order chi connectivity index (χ0) is 28.2. The molecule has 0 aromatic heterocycles. The van der Waals surface area contributed by atoms with Crippen molar-refractivity contribution in [2.45, 2.75) is 55.1 Å². The molecule has 0 radical (unpaired) electrons. The van der Waals surface area contributed by atoms with E-state index < -0.39 is 30.0 Å². The van der Waals surface area contributed by atoms with E-state index in [9.17, 15) is 19.5 Å². The molecule has 2 aliphatic rings. The van der Waals surface area contributed by atoms with Crippen molar-refractivity contribution in [2.24, 2.45) is 22.2 Å². The van der Waals surface area contributed by atoms with E-state index in [0.29, 0.717) is 32.2 Å². The number of rotatable bonds is 10. The van der Waals surface area contributed by atoms with Gasteiger partial charge >= 0.3 is 5.97 Å². The lowest BCUT2D eigenvalue weighted by Gasteiger charge is -2.27. The maximum atomic E-state index is 12.8. The summed E-state index contributed by atoms with van der Waals surface area (Å²) >= 11 is 1.86. The van der Waals surface area contributed by atoms with E-state index >= 15 is 0 Å². The first-order valence-corrected chi connectivity index (χ1v) is 13.9. The van der Waals surface area contributed by atoms with E-state index in [2.05, 4.69) is 39.9 Å². The van der Waals surface area contributed by atoms with Crippen LogP contribution in [0.3, 0.4) is 0 Å². The molecule has 4 rings (SSSR count). The normalized spacial score (nSPS) is 17.1. The van der Waals surface area contributed by atoms with E-state index in [1.807, 2.05) is 42.1 Å². The smallest absolute Gasteiger partial charge is 0.326 e. The van der Waals surface area contributed by atoms with Crippen molar-refractivity contribution in [3.8, 4) is 0 Å². The number of para-hydroxylation sites is 1. The Morgan fingerprint density at radius 1 is 1.13 bits per heavy atom. The highest BCUT2D eigenvalue weighted by Crippen LogP contribution is 2.32. The molecule has 0 aliphatic carbocycles. The molecule has 2 aliphatic heterocycles. The van der Waals surface area contributed by atoms with E-state index in [-0.39, 0.29) is 24.8 Å². The highest BCUT2D eigenvalue weighted by molar-refractivity contribution is 7.99. The van der Waals surface area contributed by atoms with Crippen LogP contribution in [-0.2, 0) is 20.8 Å². The molecule has 1 saturated heterocycles. The fourth-order valence-electron chi connectivity index (χ4n) is 4.43. The molecule has 0 unspecified atom stereocenters. The summed E-state index contributed by atoms with van der Waals surface area (Å²) in [5, 5.41) is 15.2. The van der Waals surface area contributed by atoms with Crippen LogP contribution in [0.15, 0.2) is 64.5 Å². The number of nitrogens with zero attached hydrogens (tertiary/aromatic N) is 2. The number of carbonyl (C=O) groups is 3. The summed E-state index contributed by atoms with van der Waals surface area (Å²) in [6, 6.07) is 15.2. The third-order valence-electron chi connectivity index (χ3n) is 6.39. The van der Waals surface area contributed by atoms with Crippen LogP contribution >= 0.6 is 11.8 Å². The monoisotopic (exact) mass is 555 g/mol. The first-order chi connectivity index (χ1) is 18.8. The number of nitrogens with two attached hydrogens (primary N) is 3. The zero-order valence-electron chi connectivity index (χ0n) is 21.8. The Morgan fingerprint density at radius 2 is 1.85 bits per heavy atom. The fourth-order valence-corrected chi connectivity index (χ4v) is 5.28. The van der Waals surface area contributed by atoms with Gasteiger partial charge in [-0.25, -0.2) is 4.79 Å². The average Bonchev–Trinajstić information content (AvgIpc) is 3.60. The van der Waals surface area contributed by atoms with Gasteiger partial charge < -0.3 is 37.8 Å². The third-order valence-corrected chi connectivity index (χ3v) is 7.35. The molecule has 0 bridgehead atoms. The van der Waals surface area contributed by atoms with E-state index in [0.717, 1.165) is 11.4 Å². The molecule has 2 aromatic carbocycles. The Bertz CT molecular complexity index is 1120.